The van der Waals surface area contributed by atoms with Gasteiger partial charge >= 0.3 is 6.72 Å². The van der Waals surface area contributed by atoms with E-state index in [0.29, 0.717) is 30.3 Å². The van der Waals surface area contributed by atoms with Gasteiger partial charge in [-0.1, -0.05) is 11.2 Å². The maximum atomic E-state index is 9.15. The number of rotatable bonds is 7. The SMILES string of the molecule is CCOc1cccc(C(C#N)=NOP(O)(O)=S)c1OCC. The van der Waals surface area contributed by atoms with Crippen molar-refractivity contribution >= 4 is 24.2 Å². The summed E-state index contributed by atoms with van der Waals surface area (Å²) in [6.45, 7) is 0.397. The van der Waals surface area contributed by atoms with Crippen molar-refractivity contribution in [1.29, 1.82) is 5.26 Å². The van der Waals surface area contributed by atoms with E-state index in [1.54, 1.807) is 31.2 Å². The summed E-state index contributed by atoms with van der Waals surface area (Å²) in [5.74, 6) is 0.780. The molecule has 0 saturated carbocycles. The van der Waals surface area contributed by atoms with Crippen LogP contribution in [0.4, 0.5) is 0 Å². The molecule has 0 atom stereocenters. The third-order valence-electron chi connectivity index (χ3n) is 2.17. The first kappa shape index (κ1) is 17.4. The third-order valence-corrected chi connectivity index (χ3v) is 2.66. The van der Waals surface area contributed by atoms with Crippen LogP contribution in [-0.2, 0) is 16.4 Å². The molecule has 1 aromatic carbocycles. The van der Waals surface area contributed by atoms with Crippen molar-refractivity contribution in [2.75, 3.05) is 13.2 Å². The molecule has 9 heteroatoms. The molecular weight excluding hydrogens is 315 g/mol. The number of ether oxygens (including phenoxy) is 2. The molecule has 0 heterocycles. The van der Waals surface area contributed by atoms with E-state index in [2.05, 4.69) is 21.6 Å². The fourth-order valence-electron chi connectivity index (χ4n) is 1.49. The van der Waals surface area contributed by atoms with E-state index in [9.17, 15) is 0 Å². The minimum Gasteiger partial charge on any atom is -0.490 e. The highest BCUT2D eigenvalue weighted by Gasteiger charge is 2.17. The lowest BCUT2D eigenvalue weighted by Gasteiger charge is -2.14. The van der Waals surface area contributed by atoms with Crippen LogP contribution in [0.15, 0.2) is 23.4 Å². The first-order valence-corrected chi connectivity index (χ1v) is 8.66. The Hall–Kier alpha value is -1.65. The summed E-state index contributed by atoms with van der Waals surface area (Å²) in [5, 5.41) is 12.5. The Morgan fingerprint density at radius 1 is 1.33 bits per heavy atom. The summed E-state index contributed by atoms with van der Waals surface area (Å²) in [6, 6.07) is 6.73. The second-order valence-electron chi connectivity index (χ2n) is 3.62. The highest BCUT2D eigenvalue weighted by molar-refractivity contribution is 8.06. The lowest BCUT2D eigenvalue weighted by Crippen LogP contribution is -2.06. The van der Waals surface area contributed by atoms with Crippen LogP contribution in [0.1, 0.15) is 19.4 Å². The largest absolute Gasteiger partial charge is 0.490 e. The third kappa shape index (κ3) is 5.33. The molecule has 0 aliphatic carbocycles. The molecule has 0 spiro atoms. The monoisotopic (exact) mass is 330 g/mol. The fraction of sp³-hybridized carbons (Fsp3) is 0.333. The quantitative estimate of drug-likeness (QED) is 0.447. The zero-order chi connectivity index (χ0) is 15.9. The van der Waals surface area contributed by atoms with Crippen molar-refractivity contribution in [2.45, 2.75) is 13.8 Å². The summed E-state index contributed by atoms with van der Waals surface area (Å²) in [7, 11) is 0. The van der Waals surface area contributed by atoms with Gasteiger partial charge in [-0.15, -0.1) is 0 Å². The average molecular weight is 330 g/mol. The van der Waals surface area contributed by atoms with Gasteiger partial charge in [-0.05, 0) is 26.0 Å². The summed E-state index contributed by atoms with van der Waals surface area (Å²) in [6.07, 6.45) is 0. The van der Waals surface area contributed by atoms with E-state index in [-0.39, 0.29) is 5.71 Å². The van der Waals surface area contributed by atoms with Crippen LogP contribution in [0.3, 0.4) is 0 Å². The molecule has 0 unspecified atom stereocenters. The Morgan fingerprint density at radius 3 is 2.52 bits per heavy atom. The molecule has 7 nitrogen and oxygen atoms in total. The number of oxime groups is 1. The van der Waals surface area contributed by atoms with Crippen molar-refractivity contribution in [3.8, 4) is 17.6 Å². The van der Waals surface area contributed by atoms with Gasteiger partial charge in [0.05, 0.1) is 18.8 Å². The molecule has 1 rings (SSSR count). The van der Waals surface area contributed by atoms with Gasteiger partial charge in [0.1, 0.15) is 6.07 Å². The smallest absolute Gasteiger partial charge is 0.397 e. The van der Waals surface area contributed by atoms with E-state index in [4.69, 9.17) is 24.5 Å². The van der Waals surface area contributed by atoms with Crippen LogP contribution in [0.2, 0.25) is 0 Å². The molecule has 0 aliphatic heterocycles. The number of benzene rings is 1. The molecule has 0 radical (unpaired) electrons. The maximum Gasteiger partial charge on any atom is 0.397 e. The van der Waals surface area contributed by atoms with Crippen molar-refractivity contribution in [3.05, 3.63) is 23.8 Å². The van der Waals surface area contributed by atoms with Crippen molar-refractivity contribution in [3.63, 3.8) is 0 Å². The summed E-state index contributed by atoms with van der Waals surface area (Å²) < 4.78 is 15.3. The van der Waals surface area contributed by atoms with Crippen molar-refractivity contribution < 1.29 is 23.9 Å². The minimum atomic E-state index is -3.99. The van der Waals surface area contributed by atoms with Gasteiger partial charge in [0.15, 0.2) is 17.2 Å². The molecule has 0 amide bonds. The first-order valence-electron chi connectivity index (χ1n) is 6.04. The second kappa shape index (κ2) is 7.96. The van der Waals surface area contributed by atoms with Crippen LogP contribution >= 0.6 is 6.72 Å². The average Bonchev–Trinajstić information content (AvgIpc) is 2.41. The van der Waals surface area contributed by atoms with Crippen LogP contribution in [0.25, 0.3) is 0 Å². The molecule has 0 aliphatic rings. The standard InChI is InChI=1S/C12H15N2O5PS/c1-3-17-11-7-5-6-9(12(11)18-4-2)10(8-13)14-19-20(15,16)21/h5-7H,3-4H2,1-2H3,(H2,15,16,21). The van der Waals surface area contributed by atoms with Gasteiger partial charge in [0.25, 0.3) is 0 Å². The van der Waals surface area contributed by atoms with Gasteiger partial charge in [-0.2, -0.15) is 5.26 Å². The van der Waals surface area contributed by atoms with Gasteiger partial charge in [-0.25, -0.2) is 0 Å². The second-order valence-corrected chi connectivity index (χ2v) is 6.19. The zero-order valence-corrected chi connectivity index (χ0v) is 13.2. The molecular formula is C12H15N2O5PS. The Kier molecular flexibility index (Phi) is 6.59. The number of hydrogen-bond donors (Lipinski definition) is 2. The maximum absolute atomic E-state index is 9.15. The topological polar surface area (TPSA) is 104 Å². The zero-order valence-electron chi connectivity index (χ0n) is 11.5. The van der Waals surface area contributed by atoms with Crippen molar-refractivity contribution in [2.24, 2.45) is 5.16 Å². The van der Waals surface area contributed by atoms with E-state index < -0.39 is 6.72 Å². The molecule has 0 saturated heterocycles. The van der Waals surface area contributed by atoms with Crippen LogP contribution in [-0.4, -0.2) is 28.7 Å². The highest BCUT2D eigenvalue weighted by Crippen LogP contribution is 2.37. The van der Waals surface area contributed by atoms with E-state index in [1.165, 1.54) is 0 Å². The van der Waals surface area contributed by atoms with E-state index >= 15 is 0 Å². The normalized spacial score (nSPS) is 11.7. The Balaban J connectivity index is 3.29. The Labute approximate surface area is 127 Å². The number of hydrogen-bond acceptors (Lipinski definition) is 6. The molecule has 21 heavy (non-hydrogen) atoms. The van der Waals surface area contributed by atoms with Crippen LogP contribution < -0.4 is 9.47 Å². The Morgan fingerprint density at radius 2 is 2.00 bits per heavy atom. The lowest BCUT2D eigenvalue weighted by atomic mass is 10.1. The predicted molar refractivity (Wildman–Crippen MR) is 80.7 cm³/mol. The summed E-state index contributed by atoms with van der Waals surface area (Å²) in [4.78, 5) is 18.0. The van der Waals surface area contributed by atoms with Crippen molar-refractivity contribution in [1.82, 2.24) is 0 Å². The van der Waals surface area contributed by atoms with Gasteiger partial charge < -0.3 is 23.9 Å². The van der Waals surface area contributed by atoms with E-state index in [1.807, 2.05) is 6.92 Å². The molecule has 2 N–H and O–H groups in total. The first-order chi connectivity index (χ1) is 9.92. The lowest BCUT2D eigenvalue weighted by molar-refractivity contribution is 0.264. The molecule has 0 aromatic heterocycles. The van der Waals surface area contributed by atoms with Crippen LogP contribution in [0.5, 0.6) is 11.5 Å². The number of para-hydroxylation sites is 1. The summed E-state index contributed by atoms with van der Waals surface area (Å²) >= 11 is 4.28. The molecule has 1 aromatic rings. The number of nitriles is 1. The molecule has 0 bridgehead atoms. The highest BCUT2D eigenvalue weighted by atomic mass is 32.5. The number of nitrogens with zero attached hydrogens (tertiary/aromatic N) is 2. The predicted octanol–water partition coefficient (Wildman–Crippen LogP) is 1.94. The van der Waals surface area contributed by atoms with Gasteiger partial charge in [-0.3, -0.25) is 0 Å². The molecule has 114 valence electrons. The minimum absolute atomic E-state index is 0.197. The molecule has 0 fully saturated rings. The van der Waals surface area contributed by atoms with Gasteiger partial charge in [0, 0.05) is 11.8 Å². The summed E-state index contributed by atoms with van der Waals surface area (Å²) in [5.41, 5.74) is 0.117. The van der Waals surface area contributed by atoms with Crippen LogP contribution in [0, 0.1) is 11.3 Å². The van der Waals surface area contributed by atoms with Gasteiger partial charge in [0.2, 0.25) is 0 Å². The van der Waals surface area contributed by atoms with E-state index in [0.717, 1.165) is 0 Å². The fourth-order valence-corrected chi connectivity index (χ4v) is 1.78. The Bertz CT molecular complexity index is 608.